The summed E-state index contributed by atoms with van der Waals surface area (Å²) in [6.45, 7) is 3.06. The van der Waals surface area contributed by atoms with Gasteiger partial charge in [-0.05, 0) is 13.8 Å². The first-order valence-electron chi connectivity index (χ1n) is 4.47. The molecule has 2 unspecified atom stereocenters. The Balaban J connectivity index is -0.000000187. The summed E-state index contributed by atoms with van der Waals surface area (Å²) in [5.41, 5.74) is 6.48. The van der Waals surface area contributed by atoms with Gasteiger partial charge in [-0.1, -0.05) is 0 Å². The Labute approximate surface area is 102 Å². The second kappa shape index (κ2) is 11.3. The second-order valence-corrected chi connectivity index (χ2v) is 3.05. The van der Waals surface area contributed by atoms with E-state index in [9.17, 15) is 9.59 Å². The molecule has 0 rings (SSSR count). The molecule has 0 aliphatic rings. The van der Waals surface area contributed by atoms with Crippen LogP contribution in [0.25, 0.3) is 0 Å². The van der Waals surface area contributed by atoms with Crippen LogP contribution in [-0.4, -0.2) is 46.2 Å². The van der Waals surface area contributed by atoms with E-state index in [0.717, 1.165) is 0 Å². The molecule has 0 radical (unpaired) electrons. The van der Waals surface area contributed by atoms with E-state index in [4.69, 9.17) is 30.0 Å². The van der Waals surface area contributed by atoms with E-state index in [1.165, 1.54) is 13.8 Å². The summed E-state index contributed by atoms with van der Waals surface area (Å²) < 4.78 is 0. The molecule has 0 heterocycles. The molecule has 0 aliphatic carbocycles. The molecular formula is C8H16N2O8. The van der Waals surface area contributed by atoms with Gasteiger partial charge in [-0.15, -0.1) is 0 Å². The average molecular weight is 268 g/mol. The van der Waals surface area contributed by atoms with Crippen LogP contribution in [0.5, 0.6) is 0 Å². The zero-order valence-electron chi connectivity index (χ0n) is 9.91. The Morgan fingerprint density at radius 2 is 0.944 bits per heavy atom. The molecule has 0 spiro atoms. The third-order valence-corrected chi connectivity index (χ3v) is 1.01. The monoisotopic (exact) mass is 268 g/mol. The maximum absolute atomic E-state index is 9.64. The molecule has 8 N–H and O–H groups in total. The largest absolute Gasteiger partial charge is 0.543 e. The minimum Gasteiger partial charge on any atom is -0.543 e. The maximum Gasteiger partial charge on any atom is 0.362 e. The second-order valence-electron chi connectivity index (χ2n) is 3.05. The van der Waals surface area contributed by atoms with E-state index in [0.29, 0.717) is 0 Å². The van der Waals surface area contributed by atoms with E-state index in [1.807, 2.05) is 0 Å². The van der Waals surface area contributed by atoms with Crippen molar-refractivity contribution in [3.05, 3.63) is 0 Å². The van der Waals surface area contributed by atoms with Gasteiger partial charge in [0.05, 0.1) is 11.9 Å². The molecule has 10 heteroatoms. The summed E-state index contributed by atoms with van der Waals surface area (Å²) in [7, 11) is 0. The number of carbonyl (C=O) groups excluding carboxylic acids is 2. The van der Waals surface area contributed by atoms with Crippen molar-refractivity contribution >= 4 is 23.9 Å². The Bertz CT molecular complexity index is 269. The van der Waals surface area contributed by atoms with Gasteiger partial charge in [0.15, 0.2) is 12.1 Å². The lowest BCUT2D eigenvalue weighted by Gasteiger charge is -1.97. The van der Waals surface area contributed by atoms with Gasteiger partial charge in [-0.2, -0.15) is 0 Å². The minimum absolute atomic E-state index is 0.481. The molecule has 0 aromatic carbocycles. The molecule has 18 heavy (non-hydrogen) atoms. The summed E-state index contributed by atoms with van der Waals surface area (Å²) in [5.74, 6) is -6.07. The fraction of sp³-hybridized carbons (Fsp3) is 0.500. The van der Waals surface area contributed by atoms with Gasteiger partial charge in [0.1, 0.15) is 0 Å². The molecule has 0 aromatic rings. The van der Waals surface area contributed by atoms with Crippen LogP contribution in [0.4, 0.5) is 0 Å². The number of carbonyl (C=O) groups is 4. The smallest absolute Gasteiger partial charge is 0.362 e. The van der Waals surface area contributed by atoms with Crippen molar-refractivity contribution in [3.63, 3.8) is 0 Å². The van der Waals surface area contributed by atoms with Gasteiger partial charge in [0, 0.05) is 0 Å². The van der Waals surface area contributed by atoms with Gasteiger partial charge in [-0.25, -0.2) is 9.59 Å². The van der Waals surface area contributed by atoms with Crippen molar-refractivity contribution in [3.8, 4) is 0 Å². The van der Waals surface area contributed by atoms with Crippen molar-refractivity contribution in [2.45, 2.75) is 25.9 Å². The molecule has 0 aromatic heterocycles. The van der Waals surface area contributed by atoms with E-state index < -0.39 is 36.0 Å². The minimum atomic E-state index is -2.19. The highest BCUT2D eigenvalue weighted by Crippen LogP contribution is 1.65. The lowest BCUT2D eigenvalue weighted by Crippen LogP contribution is -2.63. The fourth-order valence-corrected chi connectivity index (χ4v) is 0. The first kappa shape index (κ1) is 21.1. The van der Waals surface area contributed by atoms with Gasteiger partial charge in [-0.3, -0.25) is 0 Å². The Morgan fingerprint density at radius 3 is 0.944 bits per heavy atom. The summed E-state index contributed by atoms with van der Waals surface area (Å²) in [6, 6.07) is -0.963. The van der Waals surface area contributed by atoms with Crippen molar-refractivity contribution in [1.82, 2.24) is 0 Å². The van der Waals surface area contributed by atoms with E-state index in [2.05, 4.69) is 11.5 Å². The number of quaternary nitrogens is 2. The summed E-state index contributed by atoms with van der Waals surface area (Å²) in [4.78, 5) is 37.1. The number of hydrogen-bond donors (Lipinski definition) is 4. The van der Waals surface area contributed by atoms with Crippen LogP contribution in [0.15, 0.2) is 0 Å². The van der Waals surface area contributed by atoms with Gasteiger partial charge >= 0.3 is 11.9 Å². The van der Waals surface area contributed by atoms with Crippen LogP contribution < -0.4 is 21.7 Å². The lowest BCUT2D eigenvalue weighted by molar-refractivity contribution is -0.402. The van der Waals surface area contributed by atoms with Crippen molar-refractivity contribution in [2.75, 3.05) is 0 Å². The van der Waals surface area contributed by atoms with Crippen molar-refractivity contribution in [1.29, 1.82) is 0 Å². The molecule has 106 valence electrons. The maximum atomic E-state index is 9.64. The molecule has 10 nitrogen and oxygen atoms in total. The topological polar surface area (TPSA) is 210 Å². The zero-order valence-corrected chi connectivity index (χ0v) is 9.91. The van der Waals surface area contributed by atoms with Crippen LogP contribution >= 0.6 is 0 Å². The third-order valence-electron chi connectivity index (χ3n) is 1.01. The zero-order chi connectivity index (χ0) is 15.5. The van der Waals surface area contributed by atoms with Crippen LogP contribution in [-0.2, 0) is 19.2 Å². The number of hydrogen-bond acceptors (Lipinski definition) is 6. The molecule has 2 atom stereocenters. The molecule has 0 aliphatic heterocycles. The summed E-state index contributed by atoms with van der Waals surface area (Å²) in [6.07, 6.45) is 0. The molecule has 0 saturated carbocycles. The highest BCUT2D eigenvalue weighted by molar-refractivity contribution is 6.25. The highest BCUT2D eigenvalue weighted by atomic mass is 16.4. The Hall–Kier alpha value is -2.20. The Kier molecular flexibility index (Phi) is 13.2. The fourth-order valence-electron chi connectivity index (χ4n) is 0. The van der Waals surface area contributed by atoms with Crippen LogP contribution in [0.2, 0.25) is 0 Å². The Morgan fingerprint density at radius 1 is 0.833 bits per heavy atom. The predicted molar refractivity (Wildman–Crippen MR) is 50.0 cm³/mol. The third kappa shape index (κ3) is 23.5. The average Bonchev–Trinajstić information content (AvgIpc) is 2.18. The quantitative estimate of drug-likeness (QED) is 0.353. The first-order valence-corrected chi connectivity index (χ1v) is 4.47. The van der Waals surface area contributed by atoms with Crippen molar-refractivity contribution < 1.29 is 51.1 Å². The standard InChI is InChI=1S/2C3H7NO2.C2H2O4/c2*1-2(4)3(5)6;3-1(4)2(5)6/h2*2H,4H2,1H3,(H,5,6);(H,3,4)(H,5,6). The molecule has 0 fully saturated rings. The first-order chi connectivity index (χ1) is 7.93. The van der Waals surface area contributed by atoms with Crippen LogP contribution in [0.1, 0.15) is 13.8 Å². The van der Waals surface area contributed by atoms with Crippen LogP contribution in [0.3, 0.4) is 0 Å². The lowest BCUT2D eigenvalue weighted by atomic mass is 10.4. The SMILES string of the molecule is CC([NH3+])C(=O)O.CC([NH3+])C(=O)O.O=C([O-])C(=O)[O-]. The van der Waals surface area contributed by atoms with E-state index in [-0.39, 0.29) is 0 Å². The van der Waals surface area contributed by atoms with Gasteiger partial charge in [0.2, 0.25) is 0 Å². The molecule has 0 amide bonds. The predicted octanol–water partition coefficient (Wildman–Crippen LogP) is -6.11. The number of carboxylic acids is 4. The van der Waals surface area contributed by atoms with Gasteiger partial charge < -0.3 is 41.5 Å². The molecule has 0 bridgehead atoms. The summed E-state index contributed by atoms with van der Waals surface area (Å²) >= 11 is 0. The van der Waals surface area contributed by atoms with Gasteiger partial charge in [0.25, 0.3) is 0 Å². The van der Waals surface area contributed by atoms with E-state index in [1.54, 1.807) is 0 Å². The van der Waals surface area contributed by atoms with E-state index >= 15 is 0 Å². The molecular weight excluding hydrogens is 252 g/mol. The highest BCUT2D eigenvalue weighted by Gasteiger charge is 2.04. The normalized spacial score (nSPS) is 11.6. The molecule has 0 saturated heterocycles. The van der Waals surface area contributed by atoms with Crippen molar-refractivity contribution in [2.24, 2.45) is 0 Å². The number of aliphatic carboxylic acids is 4. The summed E-state index contributed by atoms with van der Waals surface area (Å²) in [5, 5.41) is 33.7. The van der Waals surface area contributed by atoms with Crippen LogP contribution in [0, 0.1) is 0 Å². The number of carboxylic acid groups (broad SMARTS) is 4. The number of rotatable bonds is 2.